The van der Waals surface area contributed by atoms with E-state index in [-0.39, 0.29) is 17.8 Å². The molecule has 0 spiro atoms. The van der Waals surface area contributed by atoms with Crippen LogP contribution in [0, 0.1) is 6.92 Å². The monoisotopic (exact) mass is 380 g/mol. The van der Waals surface area contributed by atoms with E-state index in [1.165, 1.54) is 5.69 Å². The lowest BCUT2D eigenvalue weighted by Gasteiger charge is -2.38. The summed E-state index contributed by atoms with van der Waals surface area (Å²) in [5, 5.41) is 4.28. The van der Waals surface area contributed by atoms with Gasteiger partial charge in [0.15, 0.2) is 0 Å². The summed E-state index contributed by atoms with van der Waals surface area (Å²) in [7, 11) is -1.25. The first-order chi connectivity index (χ1) is 12.0. The van der Waals surface area contributed by atoms with Gasteiger partial charge in [-0.05, 0) is 45.1 Å². The third-order valence-electron chi connectivity index (χ3n) is 5.70. The highest BCUT2D eigenvalue weighted by molar-refractivity contribution is 7.89. The number of sulfonamides is 1. The van der Waals surface area contributed by atoms with Gasteiger partial charge in [-0.1, -0.05) is 0 Å². The Morgan fingerprint density at radius 2 is 2.00 bits per heavy atom. The minimum atomic E-state index is -3.22. The van der Waals surface area contributed by atoms with Crippen molar-refractivity contribution < 1.29 is 8.42 Å². The lowest BCUT2D eigenvalue weighted by molar-refractivity contribution is 0.222. The van der Waals surface area contributed by atoms with Gasteiger partial charge in [0.1, 0.15) is 0 Å². The second-order valence-corrected chi connectivity index (χ2v) is 10.1. The first-order valence-corrected chi connectivity index (χ1v) is 11.3. The van der Waals surface area contributed by atoms with Crippen LogP contribution in [0.3, 0.4) is 0 Å². The van der Waals surface area contributed by atoms with Gasteiger partial charge in [-0.15, -0.1) is 11.3 Å². The van der Waals surface area contributed by atoms with Gasteiger partial charge in [-0.2, -0.15) is 9.40 Å². The molecule has 8 heteroatoms. The summed E-state index contributed by atoms with van der Waals surface area (Å²) < 4.78 is 29.8. The van der Waals surface area contributed by atoms with E-state index in [9.17, 15) is 8.42 Å². The average Bonchev–Trinajstić information content (AvgIpc) is 3.24. The predicted octanol–water partition coefficient (Wildman–Crippen LogP) is 2.47. The van der Waals surface area contributed by atoms with Gasteiger partial charge in [-0.3, -0.25) is 4.68 Å². The van der Waals surface area contributed by atoms with Crippen molar-refractivity contribution in [3.63, 3.8) is 0 Å². The number of piperidine rings is 1. The number of nitrogens with zero attached hydrogens (tertiary/aromatic N) is 4. The molecule has 2 aromatic rings. The molecule has 0 aliphatic carbocycles. The van der Waals surface area contributed by atoms with Gasteiger partial charge in [0.2, 0.25) is 10.0 Å². The topological polar surface area (TPSA) is 68.1 Å². The van der Waals surface area contributed by atoms with Gasteiger partial charge in [0.25, 0.3) is 0 Å². The lowest BCUT2D eigenvalue weighted by atomic mass is 9.89. The van der Waals surface area contributed by atoms with E-state index in [1.54, 1.807) is 16.8 Å². The van der Waals surface area contributed by atoms with Crippen molar-refractivity contribution in [2.75, 3.05) is 5.75 Å². The van der Waals surface area contributed by atoms with Crippen molar-refractivity contribution in [3.05, 3.63) is 34.0 Å². The van der Waals surface area contributed by atoms with E-state index in [4.69, 9.17) is 0 Å². The zero-order chi connectivity index (χ0) is 17.6. The predicted molar refractivity (Wildman–Crippen MR) is 98.2 cm³/mol. The maximum absolute atomic E-state index is 13.0. The van der Waals surface area contributed by atoms with Gasteiger partial charge in [0.05, 0.1) is 17.0 Å². The maximum atomic E-state index is 13.0. The van der Waals surface area contributed by atoms with E-state index in [2.05, 4.69) is 16.1 Å². The molecule has 2 unspecified atom stereocenters. The minimum absolute atomic E-state index is 0.145. The van der Waals surface area contributed by atoms with Crippen LogP contribution in [0.1, 0.15) is 47.9 Å². The Morgan fingerprint density at radius 1 is 1.28 bits per heavy atom. The quantitative estimate of drug-likeness (QED) is 0.799. The van der Waals surface area contributed by atoms with Crippen molar-refractivity contribution >= 4 is 21.4 Å². The normalized spacial score (nSPS) is 27.0. The van der Waals surface area contributed by atoms with Gasteiger partial charge >= 0.3 is 0 Å². The van der Waals surface area contributed by atoms with Crippen LogP contribution in [0.4, 0.5) is 0 Å². The molecule has 2 aromatic heterocycles. The van der Waals surface area contributed by atoms with Gasteiger partial charge in [0, 0.05) is 41.8 Å². The summed E-state index contributed by atoms with van der Waals surface area (Å²) in [5.74, 6) is 0.611. The molecule has 4 heterocycles. The summed E-state index contributed by atoms with van der Waals surface area (Å²) in [4.78, 5) is 5.30. The third-order valence-corrected chi connectivity index (χ3v) is 8.65. The Balaban J connectivity index is 1.48. The number of hydrogen-bond donors (Lipinski definition) is 0. The Bertz CT molecular complexity index is 844. The summed E-state index contributed by atoms with van der Waals surface area (Å²) in [5.41, 5.74) is 3.98. The highest BCUT2D eigenvalue weighted by atomic mass is 32.2. The van der Waals surface area contributed by atoms with Gasteiger partial charge in [-0.25, -0.2) is 13.4 Å². The van der Waals surface area contributed by atoms with Crippen LogP contribution in [0.2, 0.25) is 0 Å². The molecule has 25 heavy (non-hydrogen) atoms. The molecule has 2 fully saturated rings. The highest BCUT2D eigenvalue weighted by Crippen LogP contribution is 2.44. The van der Waals surface area contributed by atoms with Crippen LogP contribution >= 0.6 is 11.3 Å². The van der Waals surface area contributed by atoms with Crippen LogP contribution in [0.5, 0.6) is 0 Å². The summed E-state index contributed by atoms with van der Waals surface area (Å²) in [6.45, 7) is 1.95. The van der Waals surface area contributed by atoms with Crippen LogP contribution in [-0.2, 0) is 23.5 Å². The number of aryl methyl sites for hydroxylation is 3. The molecule has 2 atom stereocenters. The van der Waals surface area contributed by atoms with Gasteiger partial charge < -0.3 is 0 Å². The Kier molecular flexibility index (Phi) is 4.45. The largest absolute Gasteiger partial charge is 0.272 e. The SMILES string of the molecule is Cc1ncsc1CCS(=O)(=O)N1C2CCC1CC(c1ccnn1C)C2. The Morgan fingerprint density at radius 3 is 2.56 bits per heavy atom. The number of rotatable bonds is 5. The number of fused-ring (bicyclic) bond motifs is 2. The number of aromatic nitrogens is 3. The Hall–Kier alpha value is -1.25. The fourth-order valence-corrected chi connectivity index (χ4v) is 7.38. The maximum Gasteiger partial charge on any atom is 0.214 e. The average molecular weight is 381 g/mol. The van der Waals surface area contributed by atoms with Crippen LogP contribution < -0.4 is 0 Å². The van der Waals surface area contributed by atoms with Crippen molar-refractivity contribution in [1.82, 2.24) is 19.1 Å². The summed E-state index contributed by atoms with van der Waals surface area (Å²) in [6.07, 6.45) is 6.19. The molecule has 6 nitrogen and oxygen atoms in total. The zero-order valence-corrected chi connectivity index (χ0v) is 16.3. The molecule has 4 rings (SSSR count). The molecule has 0 aromatic carbocycles. The molecule has 2 saturated heterocycles. The van der Waals surface area contributed by atoms with Crippen LogP contribution in [0.15, 0.2) is 17.8 Å². The van der Waals surface area contributed by atoms with Crippen molar-refractivity contribution in [3.8, 4) is 0 Å². The summed E-state index contributed by atoms with van der Waals surface area (Å²) >= 11 is 1.55. The first-order valence-electron chi connectivity index (χ1n) is 8.84. The van der Waals surface area contributed by atoms with E-state index in [1.807, 2.05) is 29.2 Å². The Labute approximate surface area is 152 Å². The first kappa shape index (κ1) is 17.2. The summed E-state index contributed by atoms with van der Waals surface area (Å²) in [6, 6.07) is 2.36. The standard InChI is InChI=1S/C17H24N4O2S2/c1-12-17(24-11-18-12)6-8-25(22,23)21-14-3-4-15(21)10-13(9-14)16-5-7-19-20(16)2/h5,7,11,13-15H,3-4,6,8-10H2,1-2H3. The van der Waals surface area contributed by atoms with Crippen molar-refractivity contribution in [2.45, 2.75) is 57.0 Å². The molecule has 2 aliphatic rings. The molecule has 0 saturated carbocycles. The molecule has 0 N–H and O–H groups in total. The highest BCUT2D eigenvalue weighted by Gasteiger charge is 2.47. The van der Waals surface area contributed by atoms with E-state index in [0.29, 0.717) is 12.3 Å². The van der Waals surface area contributed by atoms with Crippen LogP contribution in [-0.4, -0.2) is 45.3 Å². The van der Waals surface area contributed by atoms with Crippen molar-refractivity contribution in [2.24, 2.45) is 7.05 Å². The molecule has 0 amide bonds. The van der Waals surface area contributed by atoms with E-state index >= 15 is 0 Å². The lowest BCUT2D eigenvalue weighted by Crippen LogP contribution is -2.47. The molecule has 2 aliphatic heterocycles. The van der Waals surface area contributed by atoms with E-state index in [0.717, 1.165) is 36.3 Å². The fraction of sp³-hybridized carbons (Fsp3) is 0.647. The zero-order valence-electron chi connectivity index (χ0n) is 14.6. The molecule has 136 valence electrons. The number of thiazole rings is 1. The molecular weight excluding hydrogens is 356 g/mol. The third kappa shape index (κ3) is 3.15. The second-order valence-electron chi connectivity index (χ2n) is 7.19. The molecule has 0 radical (unpaired) electrons. The second kappa shape index (κ2) is 6.48. The molecular formula is C17H24N4O2S2. The van der Waals surface area contributed by atoms with E-state index < -0.39 is 10.0 Å². The fourth-order valence-electron chi connectivity index (χ4n) is 4.51. The van der Waals surface area contributed by atoms with Crippen LogP contribution in [0.25, 0.3) is 0 Å². The number of hydrogen-bond acceptors (Lipinski definition) is 5. The minimum Gasteiger partial charge on any atom is -0.272 e. The van der Waals surface area contributed by atoms with Crippen molar-refractivity contribution in [1.29, 1.82) is 0 Å². The molecule has 2 bridgehead atoms. The smallest absolute Gasteiger partial charge is 0.214 e.